The van der Waals surface area contributed by atoms with Crippen LogP contribution in [0.5, 0.6) is 0 Å². The maximum Gasteiger partial charge on any atom is 0.322 e. The van der Waals surface area contributed by atoms with E-state index < -0.39 is 23.7 Å². The standard InChI is InChI=1S/C17H16F2N2O2/c18-14-6-5-12(9-15(14)19)20-17(23)21-8-7-11-3-1-2-4-13(11)16(21)10-22/h1-6,9,16,22H,7-8,10H2,(H,20,23). The third kappa shape index (κ3) is 3.03. The number of anilines is 1. The number of aliphatic hydroxyl groups is 1. The SMILES string of the molecule is O=C(Nc1ccc(F)c(F)c1)N1CCc2ccccc2C1CO. The molecule has 1 aliphatic rings. The Hall–Kier alpha value is -2.47. The lowest BCUT2D eigenvalue weighted by Gasteiger charge is -2.36. The van der Waals surface area contributed by atoms with Gasteiger partial charge >= 0.3 is 6.03 Å². The molecule has 0 saturated heterocycles. The van der Waals surface area contributed by atoms with Crippen molar-refractivity contribution in [3.05, 3.63) is 65.2 Å². The lowest BCUT2D eigenvalue weighted by Crippen LogP contribution is -2.43. The third-order valence-electron chi connectivity index (χ3n) is 4.02. The fraction of sp³-hybridized carbons (Fsp3) is 0.235. The molecule has 4 nitrogen and oxygen atoms in total. The summed E-state index contributed by atoms with van der Waals surface area (Å²) in [6, 6.07) is 9.91. The van der Waals surface area contributed by atoms with Crippen molar-refractivity contribution in [3.63, 3.8) is 0 Å². The molecule has 3 rings (SSSR count). The van der Waals surface area contributed by atoms with Crippen LogP contribution in [0.3, 0.4) is 0 Å². The van der Waals surface area contributed by atoms with E-state index in [2.05, 4.69) is 5.32 Å². The summed E-state index contributed by atoms with van der Waals surface area (Å²) in [7, 11) is 0. The lowest BCUT2D eigenvalue weighted by molar-refractivity contribution is 0.135. The number of urea groups is 1. The number of aliphatic hydroxyl groups excluding tert-OH is 1. The molecular formula is C17H16F2N2O2. The molecular weight excluding hydrogens is 302 g/mol. The number of benzene rings is 2. The molecule has 1 heterocycles. The number of halogens is 2. The summed E-state index contributed by atoms with van der Waals surface area (Å²) in [5, 5.41) is 12.2. The quantitative estimate of drug-likeness (QED) is 0.894. The zero-order chi connectivity index (χ0) is 16.4. The second-order valence-corrected chi connectivity index (χ2v) is 5.40. The Morgan fingerprint density at radius 3 is 2.74 bits per heavy atom. The fourth-order valence-corrected chi connectivity index (χ4v) is 2.86. The predicted molar refractivity (Wildman–Crippen MR) is 82.1 cm³/mol. The molecule has 0 radical (unpaired) electrons. The molecule has 120 valence electrons. The zero-order valence-corrected chi connectivity index (χ0v) is 12.3. The van der Waals surface area contributed by atoms with Gasteiger partial charge in [0.05, 0.1) is 12.6 Å². The average molecular weight is 318 g/mol. The van der Waals surface area contributed by atoms with E-state index in [9.17, 15) is 18.7 Å². The topological polar surface area (TPSA) is 52.6 Å². The highest BCUT2D eigenvalue weighted by molar-refractivity contribution is 5.89. The van der Waals surface area contributed by atoms with E-state index in [1.165, 1.54) is 11.0 Å². The van der Waals surface area contributed by atoms with Crippen LogP contribution >= 0.6 is 0 Å². The minimum Gasteiger partial charge on any atom is -0.394 e. The van der Waals surface area contributed by atoms with Gasteiger partial charge in [-0.2, -0.15) is 0 Å². The number of amides is 2. The van der Waals surface area contributed by atoms with Gasteiger partial charge in [-0.3, -0.25) is 0 Å². The van der Waals surface area contributed by atoms with Gasteiger partial charge in [0.15, 0.2) is 11.6 Å². The average Bonchev–Trinajstić information content (AvgIpc) is 2.57. The van der Waals surface area contributed by atoms with Crippen molar-refractivity contribution in [2.24, 2.45) is 0 Å². The Bertz CT molecular complexity index is 736. The van der Waals surface area contributed by atoms with Gasteiger partial charge in [-0.05, 0) is 29.7 Å². The molecule has 0 bridgehead atoms. The molecule has 6 heteroatoms. The summed E-state index contributed by atoms with van der Waals surface area (Å²) in [4.78, 5) is 13.9. The first-order valence-electron chi connectivity index (χ1n) is 7.31. The van der Waals surface area contributed by atoms with E-state index in [-0.39, 0.29) is 12.3 Å². The molecule has 0 aromatic heterocycles. The van der Waals surface area contributed by atoms with Gasteiger partial charge in [0.25, 0.3) is 0 Å². The first-order chi connectivity index (χ1) is 11.1. The van der Waals surface area contributed by atoms with Gasteiger partial charge in [0.2, 0.25) is 0 Å². The third-order valence-corrected chi connectivity index (χ3v) is 4.02. The number of hydrogen-bond donors (Lipinski definition) is 2. The van der Waals surface area contributed by atoms with Crippen LogP contribution in [0, 0.1) is 11.6 Å². The first kappa shape index (κ1) is 15.4. The molecule has 0 aliphatic carbocycles. The van der Waals surface area contributed by atoms with Crippen LogP contribution in [0.15, 0.2) is 42.5 Å². The normalized spacial score (nSPS) is 16.8. The Labute approximate surface area is 132 Å². The minimum absolute atomic E-state index is 0.171. The van der Waals surface area contributed by atoms with E-state index in [4.69, 9.17) is 0 Å². The number of fused-ring (bicyclic) bond motifs is 1. The molecule has 2 amide bonds. The Morgan fingerprint density at radius 1 is 1.22 bits per heavy atom. The van der Waals surface area contributed by atoms with Crippen LogP contribution in [0.2, 0.25) is 0 Å². The van der Waals surface area contributed by atoms with Gasteiger partial charge in [-0.15, -0.1) is 0 Å². The maximum atomic E-state index is 13.2. The molecule has 0 spiro atoms. The monoisotopic (exact) mass is 318 g/mol. The number of carbonyl (C=O) groups excluding carboxylic acids is 1. The molecule has 23 heavy (non-hydrogen) atoms. The summed E-state index contributed by atoms with van der Waals surface area (Å²) in [6.07, 6.45) is 0.678. The smallest absolute Gasteiger partial charge is 0.322 e. The van der Waals surface area contributed by atoms with Crippen LogP contribution in [-0.2, 0) is 6.42 Å². The number of carbonyl (C=O) groups is 1. The molecule has 1 atom stereocenters. The van der Waals surface area contributed by atoms with Gasteiger partial charge in [0, 0.05) is 18.3 Å². The Balaban J connectivity index is 1.80. The van der Waals surface area contributed by atoms with Crippen molar-refractivity contribution in [2.45, 2.75) is 12.5 Å². The van der Waals surface area contributed by atoms with Crippen molar-refractivity contribution < 1.29 is 18.7 Å². The Morgan fingerprint density at radius 2 is 2.00 bits per heavy atom. The highest BCUT2D eigenvalue weighted by atomic mass is 19.2. The summed E-state index contributed by atoms with van der Waals surface area (Å²) in [5.74, 6) is -1.99. The van der Waals surface area contributed by atoms with Gasteiger partial charge < -0.3 is 15.3 Å². The van der Waals surface area contributed by atoms with E-state index in [1.807, 2.05) is 24.3 Å². The molecule has 0 saturated carbocycles. The first-order valence-corrected chi connectivity index (χ1v) is 7.31. The number of nitrogens with zero attached hydrogens (tertiary/aromatic N) is 1. The van der Waals surface area contributed by atoms with Crippen molar-refractivity contribution >= 4 is 11.7 Å². The Kier molecular flexibility index (Phi) is 4.25. The summed E-state index contributed by atoms with van der Waals surface area (Å²) < 4.78 is 26.2. The van der Waals surface area contributed by atoms with Crippen LogP contribution in [0.4, 0.5) is 19.3 Å². The van der Waals surface area contributed by atoms with Gasteiger partial charge in [0.1, 0.15) is 0 Å². The van der Waals surface area contributed by atoms with Crippen LogP contribution in [-0.4, -0.2) is 29.2 Å². The highest BCUT2D eigenvalue weighted by Crippen LogP contribution is 2.29. The molecule has 0 fully saturated rings. The van der Waals surface area contributed by atoms with Crippen molar-refractivity contribution in [2.75, 3.05) is 18.5 Å². The molecule has 2 aromatic carbocycles. The second-order valence-electron chi connectivity index (χ2n) is 5.40. The zero-order valence-electron chi connectivity index (χ0n) is 12.3. The van der Waals surface area contributed by atoms with Crippen LogP contribution < -0.4 is 5.32 Å². The number of nitrogens with one attached hydrogen (secondary N) is 1. The minimum atomic E-state index is -1.02. The van der Waals surface area contributed by atoms with Gasteiger partial charge in [-0.25, -0.2) is 13.6 Å². The summed E-state index contributed by atoms with van der Waals surface area (Å²) >= 11 is 0. The fourth-order valence-electron chi connectivity index (χ4n) is 2.86. The molecule has 1 aliphatic heterocycles. The molecule has 2 aromatic rings. The molecule has 2 N–H and O–H groups in total. The number of hydrogen-bond acceptors (Lipinski definition) is 2. The van der Waals surface area contributed by atoms with Crippen LogP contribution in [0.1, 0.15) is 17.2 Å². The van der Waals surface area contributed by atoms with Crippen molar-refractivity contribution in [3.8, 4) is 0 Å². The van der Waals surface area contributed by atoms with Crippen molar-refractivity contribution in [1.82, 2.24) is 4.90 Å². The summed E-state index contributed by atoms with van der Waals surface area (Å²) in [6.45, 7) is 0.236. The maximum absolute atomic E-state index is 13.2. The van der Waals surface area contributed by atoms with Crippen LogP contribution in [0.25, 0.3) is 0 Å². The van der Waals surface area contributed by atoms with Crippen molar-refractivity contribution in [1.29, 1.82) is 0 Å². The largest absolute Gasteiger partial charge is 0.394 e. The lowest BCUT2D eigenvalue weighted by atomic mass is 9.93. The molecule has 1 unspecified atom stereocenters. The predicted octanol–water partition coefficient (Wildman–Crippen LogP) is 3.09. The van der Waals surface area contributed by atoms with E-state index in [1.54, 1.807) is 0 Å². The van der Waals surface area contributed by atoms with E-state index in [0.717, 1.165) is 23.3 Å². The second kappa shape index (κ2) is 6.34. The van der Waals surface area contributed by atoms with Gasteiger partial charge in [-0.1, -0.05) is 24.3 Å². The summed E-state index contributed by atoms with van der Waals surface area (Å²) in [5.41, 5.74) is 2.18. The number of rotatable bonds is 2. The highest BCUT2D eigenvalue weighted by Gasteiger charge is 2.30. The van der Waals surface area contributed by atoms with E-state index in [0.29, 0.717) is 13.0 Å². The van der Waals surface area contributed by atoms with E-state index >= 15 is 0 Å².